The quantitative estimate of drug-likeness (QED) is 0.783. The number of benzene rings is 2. The van der Waals surface area contributed by atoms with E-state index in [9.17, 15) is 13.2 Å². The molecule has 0 saturated carbocycles. The Morgan fingerprint density at radius 3 is 2.42 bits per heavy atom. The van der Waals surface area contributed by atoms with Gasteiger partial charge in [-0.3, -0.25) is 9.10 Å². The zero-order chi connectivity index (χ0) is 17.9. The number of sulfonamides is 1. The molecule has 2 rings (SSSR count). The van der Waals surface area contributed by atoms with Crippen LogP contribution in [0.25, 0.3) is 0 Å². The molecule has 0 heterocycles. The molecule has 0 aromatic heterocycles. The van der Waals surface area contributed by atoms with Gasteiger partial charge in [0, 0.05) is 15.2 Å². The predicted molar refractivity (Wildman–Crippen MR) is 101 cm³/mol. The number of hydrogen-bond acceptors (Lipinski definition) is 3. The molecule has 8 heteroatoms. The molecule has 1 N–H and O–H groups in total. The van der Waals surface area contributed by atoms with Gasteiger partial charge in [0.2, 0.25) is 15.9 Å². The number of carbonyl (C=O) groups is 1. The fourth-order valence-corrected chi connectivity index (χ4v) is 3.35. The Kier molecular flexibility index (Phi) is 5.90. The molecular weight excluding hydrogens is 416 g/mol. The van der Waals surface area contributed by atoms with Crippen LogP contribution in [-0.4, -0.2) is 27.1 Å². The lowest BCUT2D eigenvalue weighted by Gasteiger charge is -2.22. The van der Waals surface area contributed by atoms with E-state index in [0.717, 1.165) is 20.6 Å². The van der Waals surface area contributed by atoms with Crippen molar-refractivity contribution in [1.29, 1.82) is 0 Å². The number of aryl methyl sites for hydroxylation is 1. The maximum absolute atomic E-state index is 12.3. The summed E-state index contributed by atoms with van der Waals surface area (Å²) in [5.41, 5.74) is 1.80. The molecule has 0 fully saturated rings. The first-order valence-electron chi connectivity index (χ1n) is 6.96. The molecule has 5 nitrogen and oxygen atoms in total. The van der Waals surface area contributed by atoms with Crippen LogP contribution in [0.15, 0.2) is 46.9 Å². The third-order valence-electron chi connectivity index (χ3n) is 3.28. The second kappa shape index (κ2) is 7.55. The summed E-state index contributed by atoms with van der Waals surface area (Å²) >= 11 is 9.22. The lowest BCUT2D eigenvalue weighted by atomic mass is 10.2. The highest BCUT2D eigenvalue weighted by atomic mass is 79.9. The van der Waals surface area contributed by atoms with E-state index in [1.165, 1.54) is 0 Å². The maximum atomic E-state index is 12.3. The van der Waals surface area contributed by atoms with Gasteiger partial charge < -0.3 is 5.32 Å². The Hall–Kier alpha value is -1.57. The van der Waals surface area contributed by atoms with Crippen molar-refractivity contribution < 1.29 is 13.2 Å². The molecule has 0 aliphatic rings. The minimum atomic E-state index is -3.61. The van der Waals surface area contributed by atoms with Crippen LogP contribution in [0.1, 0.15) is 5.56 Å². The fourth-order valence-electron chi connectivity index (χ4n) is 2.06. The van der Waals surface area contributed by atoms with Crippen molar-refractivity contribution in [2.45, 2.75) is 6.92 Å². The predicted octanol–water partition coefficient (Wildman–Crippen LogP) is 3.82. The molecular formula is C16H16BrClN2O3S. The average molecular weight is 432 g/mol. The summed E-state index contributed by atoms with van der Waals surface area (Å²) in [6, 6.07) is 11.8. The van der Waals surface area contributed by atoms with E-state index in [-0.39, 0.29) is 6.54 Å². The number of rotatable bonds is 5. The zero-order valence-electron chi connectivity index (χ0n) is 13.1. The van der Waals surface area contributed by atoms with Gasteiger partial charge in [-0.25, -0.2) is 8.42 Å². The maximum Gasteiger partial charge on any atom is 0.245 e. The number of amides is 1. The van der Waals surface area contributed by atoms with Crippen LogP contribution in [0.3, 0.4) is 0 Å². The molecule has 0 radical (unpaired) electrons. The van der Waals surface area contributed by atoms with E-state index in [2.05, 4.69) is 21.2 Å². The van der Waals surface area contributed by atoms with Crippen LogP contribution in [0.2, 0.25) is 5.02 Å². The molecule has 0 bridgehead atoms. The van der Waals surface area contributed by atoms with Crippen molar-refractivity contribution in [2.24, 2.45) is 0 Å². The van der Waals surface area contributed by atoms with Crippen LogP contribution in [0.5, 0.6) is 0 Å². The number of carbonyl (C=O) groups excluding carboxylic acids is 1. The number of nitrogens with zero attached hydrogens (tertiary/aromatic N) is 1. The van der Waals surface area contributed by atoms with Crippen molar-refractivity contribution in [2.75, 3.05) is 22.4 Å². The Morgan fingerprint density at radius 2 is 1.83 bits per heavy atom. The standard InChI is InChI=1S/C16H16BrClN2O3S/c1-11-3-6-13(18)9-15(11)19-16(21)10-20(24(2,22)23)14-7-4-12(17)5-8-14/h3-9H,10H2,1-2H3,(H,19,21). The van der Waals surface area contributed by atoms with Gasteiger partial charge in [0.15, 0.2) is 0 Å². The topological polar surface area (TPSA) is 66.5 Å². The lowest BCUT2D eigenvalue weighted by molar-refractivity contribution is -0.114. The van der Waals surface area contributed by atoms with Gasteiger partial charge >= 0.3 is 0 Å². The minimum absolute atomic E-state index is 0.327. The number of hydrogen-bond donors (Lipinski definition) is 1. The van der Waals surface area contributed by atoms with Crippen molar-refractivity contribution >= 4 is 54.8 Å². The molecule has 24 heavy (non-hydrogen) atoms. The van der Waals surface area contributed by atoms with Gasteiger partial charge in [-0.15, -0.1) is 0 Å². The number of nitrogens with one attached hydrogen (secondary N) is 1. The highest BCUT2D eigenvalue weighted by molar-refractivity contribution is 9.10. The summed E-state index contributed by atoms with van der Waals surface area (Å²) in [5.74, 6) is -0.450. The third kappa shape index (κ3) is 4.96. The van der Waals surface area contributed by atoms with Crippen LogP contribution < -0.4 is 9.62 Å². The first-order valence-corrected chi connectivity index (χ1v) is 9.98. The van der Waals surface area contributed by atoms with Crippen molar-refractivity contribution in [1.82, 2.24) is 0 Å². The minimum Gasteiger partial charge on any atom is -0.324 e. The van der Waals surface area contributed by atoms with E-state index in [4.69, 9.17) is 11.6 Å². The van der Waals surface area contributed by atoms with Gasteiger partial charge in [0.25, 0.3) is 0 Å². The molecule has 0 aliphatic heterocycles. The van der Waals surface area contributed by atoms with Crippen LogP contribution in [0.4, 0.5) is 11.4 Å². The monoisotopic (exact) mass is 430 g/mol. The van der Waals surface area contributed by atoms with E-state index in [1.807, 2.05) is 6.92 Å². The van der Waals surface area contributed by atoms with Crippen LogP contribution >= 0.6 is 27.5 Å². The van der Waals surface area contributed by atoms with Crippen LogP contribution in [0, 0.1) is 6.92 Å². The Morgan fingerprint density at radius 1 is 1.21 bits per heavy atom. The first kappa shape index (κ1) is 18.8. The summed E-state index contributed by atoms with van der Waals surface area (Å²) in [4.78, 5) is 12.3. The van der Waals surface area contributed by atoms with Gasteiger partial charge in [0.05, 0.1) is 11.9 Å². The van der Waals surface area contributed by atoms with Crippen LogP contribution in [-0.2, 0) is 14.8 Å². The lowest BCUT2D eigenvalue weighted by Crippen LogP contribution is -2.37. The molecule has 128 valence electrons. The summed E-state index contributed by atoms with van der Waals surface area (Å²) in [6.45, 7) is 1.50. The molecule has 2 aromatic rings. The second-order valence-corrected chi connectivity index (χ2v) is 8.51. The zero-order valence-corrected chi connectivity index (χ0v) is 16.2. The molecule has 0 saturated heterocycles. The van der Waals surface area contributed by atoms with Crippen molar-refractivity contribution in [3.05, 3.63) is 57.5 Å². The molecule has 0 unspecified atom stereocenters. The van der Waals surface area contributed by atoms with E-state index in [0.29, 0.717) is 16.4 Å². The van der Waals surface area contributed by atoms with E-state index in [1.54, 1.807) is 42.5 Å². The second-order valence-electron chi connectivity index (χ2n) is 5.25. The van der Waals surface area contributed by atoms with Gasteiger partial charge in [-0.2, -0.15) is 0 Å². The average Bonchev–Trinajstić information content (AvgIpc) is 2.48. The van der Waals surface area contributed by atoms with E-state index >= 15 is 0 Å². The molecule has 2 aromatic carbocycles. The Bertz CT molecular complexity index is 854. The van der Waals surface area contributed by atoms with Gasteiger partial charge in [-0.05, 0) is 48.9 Å². The fraction of sp³-hybridized carbons (Fsp3) is 0.188. The van der Waals surface area contributed by atoms with E-state index < -0.39 is 15.9 Å². The number of anilines is 2. The van der Waals surface area contributed by atoms with Crippen molar-refractivity contribution in [3.8, 4) is 0 Å². The molecule has 0 aliphatic carbocycles. The summed E-state index contributed by atoms with van der Waals surface area (Å²) in [6.07, 6.45) is 1.06. The highest BCUT2D eigenvalue weighted by Gasteiger charge is 2.21. The summed E-state index contributed by atoms with van der Waals surface area (Å²) in [5, 5.41) is 3.19. The molecule has 1 amide bonds. The smallest absolute Gasteiger partial charge is 0.245 e. The van der Waals surface area contributed by atoms with Gasteiger partial charge in [-0.1, -0.05) is 33.6 Å². The molecule has 0 atom stereocenters. The third-order valence-corrected chi connectivity index (χ3v) is 5.18. The highest BCUT2D eigenvalue weighted by Crippen LogP contribution is 2.22. The first-order chi connectivity index (χ1) is 11.2. The Balaban J connectivity index is 2.22. The van der Waals surface area contributed by atoms with Gasteiger partial charge in [0.1, 0.15) is 6.54 Å². The van der Waals surface area contributed by atoms with Crippen molar-refractivity contribution in [3.63, 3.8) is 0 Å². The molecule has 0 spiro atoms. The normalized spacial score (nSPS) is 11.2. The largest absolute Gasteiger partial charge is 0.324 e. The SMILES string of the molecule is Cc1ccc(Cl)cc1NC(=O)CN(c1ccc(Br)cc1)S(C)(=O)=O. The summed E-state index contributed by atoms with van der Waals surface area (Å²) < 4.78 is 25.9. The summed E-state index contributed by atoms with van der Waals surface area (Å²) in [7, 11) is -3.61. The number of halogens is 2. The Labute approximate surface area is 154 Å².